The van der Waals surface area contributed by atoms with Crippen LogP contribution in [0, 0.1) is 0 Å². The molecule has 2 aromatic rings. The zero-order valence-corrected chi connectivity index (χ0v) is 12.2. The van der Waals surface area contributed by atoms with Crippen molar-refractivity contribution >= 4 is 11.9 Å². The fraction of sp³-hybridized carbons (Fsp3) is 0.176. The Morgan fingerprint density at radius 1 is 1.05 bits per heavy atom. The monoisotopic (exact) mass is 299 g/mol. The summed E-state index contributed by atoms with van der Waals surface area (Å²) in [6.07, 6.45) is 0.223. The Morgan fingerprint density at radius 2 is 1.64 bits per heavy atom. The molecule has 5 heteroatoms. The van der Waals surface area contributed by atoms with Gasteiger partial charge >= 0.3 is 5.97 Å². The zero-order valence-electron chi connectivity index (χ0n) is 12.2. The largest absolute Gasteiger partial charge is 0.480 e. The van der Waals surface area contributed by atoms with Crippen LogP contribution in [0.1, 0.15) is 12.5 Å². The molecule has 1 atom stereocenters. The zero-order chi connectivity index (χ0) is 15.9. The molecule has 0 saturated carbocycles. The second kappa shape index (κ2) is 7.26. The lowest BCUT2D eigenvalue weighted by Crippen LogP contribution is -2.41. The maximum atomic E-state index is 11.1. The molecule has 0 saturated heterocycles. The normalized spacial score (nSPS) is 11.5. The van der Waals surface area contributed by atoms with E-state index in [0.29, 0.717) is 5.75 Å². The van der Waals surface area contributed by atoms with Gasteiger partial charge in [0.1, 0.15) is 17.5 Å². The molecule has 0 bridgehead atoms. The van der Waals surface area contributed by atoms with Crippen LogP contribution in [-0.4, -0.2) is 23.0 Å². The number of carbonyl (C=O) groups excluding carboxylic acids is 1. The van der Waals surface area contributed by atoms with E-state index in [1.54, 1.807) is 24.3 Å². The lowest BCUT2D eigenvalue weighted by atomic mass is 10.1. The van der Waals surface area contributed by atoms with E-state index in [0.717, 1.165) is 11.3 Å². The van der Waals surface area contributed by atoms with Crippen LogP contribution in [-0.2, 0) is 16.0 Å². The molecule has 2 N–H and O–H groups in total. The number of carboxylic acids is 1. The number of hydrogen-bond donors (Lipinski definition) is 2. The highest BCUT2D eigenvalue weighted by molar-refractivity contribution is 5.82. The number of aliphatic carboxylic acids is 1. The molecule has 2 rings (SSSR count). The molecule has 0 heterocycles. The van der Waals surface area contributed by atoms with Gasteiger partial charge in [0.25, 0.3) is 0 Å². The van der Waals surface area contributed by atoms with Crippen molar-refractivity contribution in [2.24, 2.45) is 0 Å². The van der Waals surface area contributed by atoms with Gasteiger partial charge in [0.15, 0.2) is 0 Å². The van der Waals surface area contributed by atoms with E-state index in [1.165, 1.54) is 6.92 Å². The van der Waals surface area contributed by atoms with Crippen molar-refractivity contribution in [3.8, 4) is 11.5 Å². The predicted octanol–water partition coefficient (Wildman–Crippen LogP) is 2.61. The summed E-state index contributed by atoms with van der Waals surface area (Å²) in [6, 6.07) is 15.6. The van der Waals surface area contributed by atoms with E-state index in [9.17, 15) is 9.59 Å². The van der Waals surface area contributed by atoms with Gasteiger partial charge in [0, 0.05) is 13.3 Å². The molecule has 0 fully saturated rings. The molecule has 5 nitrogen and oxygen atoms in total. The Kier molecular flexibility index (Phi) is 5.14. The summed E-state index contributed by atoms with van der Waals surface area (Å²) < 4.78 is 5.66. The van der Waals surface area contributed by atoms with E-state index in [-0.39, 0.29) is 12.3 Å². The van der Waals surface area contributed by atoms with Crippen LogP contribution in [0.15, 0.2) is 54.6 Å². The number of hydrogen-bond acceptors (Lipinski definition) is 3. The van der Waals surface area contributed by atoms with E-state index >= 15 is 0 Å². The van der Waals surface area contributed by atoms with Gasteiger partial charge in [-0.3, -0.25) is 4.79 Å². The molecule has 0 aromatic heterocycles. The highest BCUT2D eigenvalue weighted by Crippen LogP contribution is 2.21. The molecule has 0 aliphatic carbocycles. The number of ether oxygens (including phenoxy) is 1. The number of carboxylic acid groups (broad SMARTS) is 1. The first-order valence-electron chi connectivity index (χ1n) is 6.86. The molecule has 0 aliphatic rings. The molecule has 0 spiro atoms. The quantitative estimate of drug-likeness (QED) is 0.859. The molecule has 22 heavy (non-hydrogen) atoms. The molecular weight excluding hydrogens is 282 g/mol. The third-order valence-electron chi connectivity index (χ3n) is 3.02. The Morgan fingerprint density at radius 3 is 2.18 bits per heavy atom. The third kappa shape index (κ3) is 4.63. The van der Waals surface area contributed by atoms with E-state index in [2.05, 4.69) is 5.32 Å². The van der Waals surface area contributed by atoms with Gasteiger partial charge in [-0.2, -0.15) is 0 Å². The molecule has 1 unspecified atom stereocenters. The van der Waals surface area contributed by atoms with E-state index in [4.69, 9.17) is 9.84 Å². The summed E-state index contributed by atoms with van der Waals surface area (Å²) in [4.78, 5) is 22.1. The van der Waals surface area contributed by atoms with Crippen LogP contribution >= 0.6 is 0 Å². The first-order chi connectivity index (χ1) is 10.5. The van der Waals surface area contributed by atoms with Gasteiger partial charge in [-0.1, -0.05) is 30.3 Å². The average Bonchev–Trinajstić information content (AvgIpc) is 2.49. The molecular formula is C17H17NO4. The highest BCUT2D eigenvalue weighted by atomic mass is 16.5. The standard InChI is InChI=1S/C17H17NO4/c1-12(19)18-16(17(20)21)11-13-7-9-15(10-8-13)22-14-5-3-2-4-6-14/h2-10,16H,11H2,1H3,(H,18,19)(H,20,21). The minimum Gasteiger partial charge on any atom is -0.480 e. The van der Waals surface area contributed by atoms with Crippen LogP contribution in [0.25, 0.3) is 0 Å². The van der Waals surface area contributed by atoms with Gasteiger partial charge in [-0.05, 0) is 29.8 Å². The van der Waals surface area contributed by atoms with Crippen molar-refractivity contribution < 1.29 is 19.4 Å². The predicted molar refractivity (Wildman–Crippen MR) is 81.9 cm³/mol. The second-order valence-electron chi connectivity index (χ2n) is 4.85. The number of nitrogens with one attached hydrogen (secondary N) is 1. The summed E-state index contributed by atoms with van der Waals surface area (Å²) in [7, 11) is 0. The van der Waals surface area contributed by atoms with Crippen molar-refractivity contribution in [3.63, 3.8) is 0 Å². The lowest BCUT2D eigenvalue weighted by molar-refractivity contribution is -0.141. The Bertz CT molecular complexity index is 637. The van der Waals surface area contributed by atoms with Crippen LogP contribution < -0.4 is 10.1 Å². The van der Waals surface area contributed by atoms with E-state index in [1.807, 2.05) is 30.3 Å². The minimum atomic E-state index is -1.06. The topological polar surface area (TPSA) is 75.6 Å². The van der Waals surface area contributed by atoms with Crippen LogP contribution in [0.2, 0.25) is 0 Å². The van der Waals surface area contributed by atoms with Gasteiger partial charge in [0.05, 0.1) is 0 Å². The number of rotatable bonds is 6. The summed E-state index contributed by atoms with van der Waals surface area (Å²) in [5, 5.41) is 11.5. The fourth-order valence-electron chi connectivity index (χ4n) is 2.00. The smallest absolute Gasteiger partial charge is 0.326 e. The van der Waals surface area contributed by atoms with Crippen LogP contribution in [0.3, 0.4) is 0 Å². The summed E-state index contributed by atoms with van der Waals surface area (Å²) in [6.45, 7) is 1.30. The average molecular weight is 299 g/mol. The third-order valence-corrected chi connectivity index (χ3v) is 3.02. The van der Waals surface area contributed by atoms with Crippen LogP contribution in [0.4, 0.5) is 0 Å². The van der Waals surface area contributed by atoms with Gasteiger partial charge < -0.3 is 15.2 Å². The molecule has 114 valence electrons. The number of benzene rings is 2. The number of para-hydroxylation sites is 1. The maximum absolute atomic E-state index is 11.1. The first-order valence-corrected chi connectivity index (χ1v) is 6.86. The summed E-state index contributed by atoms with van der Waals surface area (Å²) >= 11 is 0. The van der Waals surface area contributed by atoms with Crippen molar-refractivity contribution in [2.75, 3.05) is 0 Å². The first kappa shape index (κ1) is 15.6. The van der Waals surface area contributed by atoms with Crippen molar-refractivity contribution in [1.29, 1.82) is 0 Å². The Hall–Kier alpha value is -2.82. The van der Waals surface area contributed by atoms with Crippen molar-refractivity contribution in [2.45, 2.75) is 19.4 Å². The molecule has 2 aromatic carbocycles. The molecule has 0 radical (unpaired) electrons. The Balaban J connectivity index is 2.02. The maximum Gasteiger partial charge on any atom is 0.326 e. The summed E-state index contributed by atoms with van der Waals surface area (Å²) in [5.74, 6) is -0.0190. The minimum absolute atomic E-state index is 0.223. The summed E-state index contributed by atoms with van der Waals surface area (Å²) in [5.41, 5.74) is 0.807. The van der Waals surface area contributed by atoms with Gasteiger partial charge in [0.2, 0.25) is 5.91 Å². The van der Waals surface area contributed by atoms with Gasteiger partial charge in [-0.15, -0.1) is 0 Å². The van der Waals surface area contributed by atoms with E-state index < -0.39 is 12.0 Å². The number of carbonyl (C=O) groups is 2. The second-order valence-corrected chi connectivity index (χ2v) is 4.85. The van der Waals surface area contributed by atoms with Crippen molar-refractivity contribution in [1.82, 2.24) is 5.32 Å². The Labute approximate surface area is 128 Å². The highest BCUT2D eigenvalue weighted by Gasteiger charge is 2.18. The molecule has 1 amide bonds. The SMILES string of the molecule is CC(=O)NC(Cc1ccc(Oc2ccccc2)cc1)C(=O)O. The van der Waals surface area contributed by atoms with Crippen molar-refractivity contribution in [3.05, 3.63) is 60.2 Å². The number of amides is 1. The fourth-order valence-corrected chi connectivity index (χ4v) is 2.00. The molecule has 0 aliphatic heterocycles. The lowest BCUT2D eigenvalue weighted by Gasteiger charge is -2.13. The van der Waals surface area contributed by atoms with Crippen LogP contribution in [0.5, 0.6) is 11.5 Å². The van der Waals surface area contributed by atoms with Gasteiger partial charge in [-0.25, -0.2) is 4.79 Å².